The van der Waals surface area contributed by atoms with E-state index < -0.39 is 0 Å². The summed E-state index contributed by atoms with van der Waals surface area (Å²) in [6, 6.07) is 11.7. The Kier molecular flexibility index (Phi) is 7.52. The molecule has 4 rings (SSSR count). The van der Waals surface area contributed by atoms with E-state index >= 15 is 0 Å². The first-order valence-corrected chi connectivity index (χ1v) is 12.5. The molecule has 1 unspecified atom stereocenters. The van der Waals surface area contributed by atoms with Crippen LogP contribution in [0.5, 0.6) is 0 Å². The number of likely N-dealkylation sites (N-methyl/N-ethyl adjacent to an activating group) is 1. The molecule has 3 aromatic rings. The largest absolute Gasteiger partial charge is 0.390 e. The van der Waals surface area contributed by atoms with E-state index in [0.717, 1.165) is 51.1 Å². The zero-order valence-electron chi connectivity index (χ0n) is 20.9. The average molecular weight is 449 g/mol. The first kappa shape index (κ1) is 23.9. The highest BCUT2D eigenvalue weighted by atomic mass is 16.3. The average Bonchev–Trinajstić information content (AvgIpc) is 3.17. The number of aryl methyl sites for hydroxylation is 2. The zero-order chi connectivity index (χ0) is 23.5. The topological polar surface area (TPSA) is 55.4 Å². The molecule has 0 aliphatic carbocycles. The normalized spacial score (nSPS) is 16.8. The lowest BCUT2D eigenvalue weighted by molar-refractivity contribution is 0.0642. The van der Waals surface area contributed by atoms with Crippen molar-refractivity contribution in [1.82, 2.24) is 19.8 Å². The molecule has 0 radical (unpaired) electrons. The van der Waals surface area contributed by atoms with Crippen molar-refractivity contribution in [3.63, 3.8) is 0 Å². The molecule has 1 aliphatic heterocycles. The first-order valence-electron chi connectivity index (χ1n) is 12.5. The van der Waals surface area contributed by atoms with Gasteiger partial charge in [0.05, 0.1) is 6.10 Å². The van der Waals surface area contributed by atoms with Gasteiger partial charge in [-0.05, 0) is 101 Å². The van der Waals surface area contributed by atoms with Gasteiger partial charge in [0, 0.05) is 53.2 Å². The summed E-state index contributed by atoms with van der Waals surface area (Å²) >= 11 is 0. The molecule has 5 heteroatoms. The van der Waals surface area contributed by atoms with E-state index in [0.29, 0.717) is 12.0 Å². The minimum Gasteiger partial charge on any atom is -0.390 e. The lowest BCUT2D eigenvalue weighted by atomic mass is 9.88. The third kappa shape index (κ3) is 5.48. The van der Waals surface area contributed by atoms with Crippen LogP contribution < -0.4 is 0 Å². The van der Waals surface area contributed by atoms with Gasteiger partial charge in [0.2, 0.25) is 0 Å². The number of nitrogens with zero attached hydrogens (tertiary/aromatic N) is 3. The summed E-state index contributed by atoms with van der Waals surface area (Å²) in [6.07, 6.45) is 4.92. The number of β-amino-alcohol motifs (C(OH)–C–C–N with tert-alkyl or cyclic N) is 1. The molecule has 1 fully saturated rings. The fourth-order valence-electron chi connectivity index (χ4n) is 5.18. The van der Waals surface area contributed by atoms with Gasteiger partial charge >= 0.3 is 0 Å². The number of aromatic amines is 1. The van der Waals surface area contributed by atoms with Crippen LogP contribution >= 0.6 is 0 Å². The van der Waals surface area contributed by atoms with E-state index in [-0.39, 0.29) is 6.10 Å². The van der Waals surface area contributed by atoms with E-state index in [9.17, 15) is 5.11 Å². The Morgan fingerprint density at radius 2 is 1.94 bits per heavy atom. The summed E-state index contributed by atoms with van der Waals surface area (Å²) in [6.45, 7) is 12.3. The number of piperidine rings is 1. The van der Waals surface area contributed by atoms with Crippen molar-refractivity contribution in [2.75, 3.05) is 33.2 Å². The molecule has 2 aromatic heterocycles. The van der Waals surface area contributed by atoms with E-state index in [1.165, 1.54) is 33.3 Å². The molecule has 1 aliphatic rings. The molecule has 0 saturated carbocycles. The Balaban J connectivity index is 1.45. The molecule has 0 bridgehead atoms. The second kappa shape index (κ2) is 10.4. The number of hydrogen-bond donors (Lipinski definition) is 2. The Morgan fingerprint density at radius 3 is 2.61 bits per heavy atom. The number of aliphatic hydroxyl groups excluding tert-OH is 1. The minimum atomic E-state index is -0.285. The number of benzene rings is 1. The van der Waals surface area contributed by atoms with Crippen molar-refractivity contribution in [2.24, 2.45) is 0 Å². The molecule has 33 heavy (non-hydrogen) atoms. The number of H-pyrrole nitrogens is 1. The summed E-state index contributed by atoms with van der Waals surface area (Å²) in [5.41, 5.74) is 7.55. The number of pyridine rings is 1. The quantitative estimate of drug-likeness (QED) is 0.510. The number of hydrogen-bond acceptors (Lipinski definition) is 4. The number of nitrogens with one attached hydrogen (secondary N) is 1. The zero-order valence-corrected chi connectivity index (χ0v) is 20.9. The molecule has 2 N–H and O–H groups in total. The summed E-state index contributed by atoms with van der Waals surface area (Å²) < 4.78 is 0. The minimum absolute atomic E-state index is 0.285. The Morgan fingerprint density at radius 1 is 1.18 bits per heavy atom. The van der Waals surface area contributed by atoms with E-state index in [4.69, 9.17) is 0 Å². The lowest BCUT2D eigenvalue weighted by Crippen LogP contribution is -2.43. The summed E-state index contributed by atoms with van der Waals surface area (Å²) in [5, 5.41) is 11.9. The van der Waals surface area contributed by atoms with Crippen molar-refractivity contribution in [3.05, 3.63) is 53.3 Å². The van der Waals surface area contributed by atoms with Crippen molar-refractivity contribution in [3.8, 4) is 11.3 Å². The van der Waals surface area contributed by atoms with Gasteiger partial charge in [-0.25, -0.2) is 0 Å². The molecule has 5 nitrogen and oxygen atoms in total. The number of aliphatic hydroxyl groups is 1. The fourth-order valence-corrected chi connectivity index (χ4v) is 5.18. The second-order valence-electron chi connectivity index (χ2n) is 10.1. The predicted octanol–water partition coefficient (Wildman–Crippen LogP) is 4.98. The van der Waals surface area contributed by atoms with Crippen LogP contribution in [0.15, 0.2) is 36.5 Å². The van der Waals surface area contributed by atoms with E-state index in [1.807, 2.05) is 13.1 Å². The number of rotatable bonds is 8. The molecule has 178 valence electrons. The van der Waals surface area contributed by atoms with Crippen LogP contribution in [0.4, 0.5) is 0 Å². The summed E-state index contributed by atoms with van der Waals surface area (Å²) in [4.78, 5) is 12.7. The van der Waals surface area contributed by atoms with E-state index in [2.05, 4.69) is 77.9 Å². The van der Waals surface area contributed by atoms with Crippen molar-refractivity contribution >= 4 is 10.9 Å². The van der Waals surface area contributed by atoms with Gasteiger partial charge in [-0.2, -0.15) is 0 Å². The van der Waals surface area contributed by atoms with Crippen LogP contribution in [0.1, 0.15) is 56.4 Å². The molecule has 0 spiro atoms. The third-order valence-corrected chi connectivity index (χ3v) is 7.38. The van der Waals surface area contributed by atoms with Gasteiger partial charge in [-0.15, -0.1) is 0 Å². The van der Waals surface area contributed by atoms with Gasteiger partial charge in [-0.3, -0.25) is 4.98 Å². The van der Waals surface area contributed by atoms with Crippen LogP contribution in [-0.4, -0.2) is 70.2 Å². The standard InChI is InChI=1S/C28H40N4O/c1-6-25-26-16-22(7-8-27(26)30-28(25)23-9-12-29-20(4)15-23)21-10-13-32(14-11-21)18-24(33)17-31(5)19(2)3/h7-9,12,15-16,19,21,24,30,33H,6,10-11,13-14,17-18H2,1-5H3. The number of aromatic nitrogens is 2. The molecule has 3 heterocycles. The van der Waals surface area contributed by atoms with Crippen LogP contribution in [-0.2, 0) is 6.42 Å². The lowest BCUT2D eigenvalue weighted by Gasteiger charge is -2.34. The molecular formula is C28H40N4O. The van der Waals surface area contributed by atoms with E-state index in [1.54, 1.807) is 0 Å². The van der Waals surface area contributed by atoms with Crippen LogP contribution in [0, 0.1) is 6.92 Å². The molecule has 1 atom stereocenters. The highest BCUT2D eigenvalue weighted by Crippen LogP contribution is 2.35. The Hall–Kier alpha value is -2.21. The van der Waals surface area contributed by atoms with Gasteiger partial charge in [0.1, 0.15) is 0 Å². The molecule has 1 aromatic carbocycles. The predicted molar refractivity (Wildman–Crippen MR) is 138 cm³/mol. The maximum Gasteiger partial charge on any atom is 0.0793 e. The third-order valence-electron chi connectivity index (χ3n) is 7.38. The maximum atomic E-state index is 10.5. The van der Waals surface area contributed by atoms with Gasteiger partial charge in [0.25, 0.3) is 0 Å². The Labute approximate surface area is 198 Å². The van der Waals surface area contributed by atoms with Crippen molar-refractivity contribution < 1.29 is 5.11 Å². The van der Waals surface area contributed by atoms with Crippen molar-refractivity contribution in [2.45, 2.75) is 65.0 Å². The smallest absolute Gasteiger partial charge is 0.0793 e. The number of likely N-dealkylation sites (tertiary alicyclic amines) is 1. The second-order valence-corrected chi connectivity index (χ2v) is 10.1. The van der Waals surface area contributed by atoms with Crippen LogP contribution in [0.3, 0.4) is 0 Å². The molecule has 0 amide bonds. The Bertz CT molecular complexity index is 1060. The van der Waals surface area contributed by atoms with Crippen LogP contribution in [0.2, 0.25) is 0 Å². The monoisotopic (exact) mass is 448 g/mol. The van der Waals surface area contributed by atoms with Crippen molar-refractivity contribution in [1.29, 1.82) is 0 Å². The van der Waals surface area contributed by atoms with Crippen LogP contribution in [0.25, 0.3) is 22.2 Å². The fraction of sp³-hybridized carbons (Fsp3) is 0.536. The first-order chi connectivity index (χ1) is 15.9. The highest BCUT2D eigenvalue weighted by molar-refractivity contribution is 5.91. The summed E-state index contributed by atoms with van der Waals surface area (Å²) in [5.74, 6) is 0.590. The summed E-state index contributed by atoms with van der Waals surface area (Å²) in [7, 11) is 2.09. The van der Waals surface area contributed by atoms with Gasteiger partial charge in [0.15, 0.2) is 0 Å². The SMILES string of the molecule is CCc1c(-c2ccnc(C)c2)[nH]c2ccc(C3CCN(CC(O)CN(C)C(C)C)CC3)cc12. The maximum absolute atomic E-state index is 10.5. The van der Waals surface area contributed by atoms with Gasteiger partial charge < -0.3 is 19.9 Å². The molecule has 1 saturated heterocycles. The number of fused-ring (bicyclic) bond motifs is 1. The van der Waals surface area contributed by atoms with Gasteiger partial charge in [-0.1, -0.05) is 13.0 Å². The molecular weight excluding hydrogens is 408 g/mol. The highest BCUT2D eigenvalue weighted by Gasteiger charge is 2.24.